The molecule has 6 atom stereocenters. The maximum absolute atomic E-state index is 13.7. The van der Waals surface area contributed by atoms with Gasteiger partial charge in [-0.05, 0) is 75.0 Å². The van der Waals surface area contributed by atoms with Crippen LogP contribution >= 0.6 is 11.6 Å². The predicted molar refractivity (Wildman–Crippen MR) is 145 cm³/mol. The second kappa shape index (κ2) is 11.1. The van der Waals surface area contributed by atoms with Gasteiger partial charge in [0.25, 0.3) is 11.8 Å². The fourth-order valence-corrected chi connectivity index (χ4v) is 9.04. The molecule has 2 aromatic rings. The highest BCUT2D eigenvalue weighted by Crippen LogP contribution is 2.52. The van der Waals surface area contributed by atoms with Crippen LogP contribution < -0.4 is 10.6 Å². The standard InChI is InChI=1S/C28H30ClF3N2O7S/c29-19-6-3-14(25(36)34-17-11-20(30)24(32)21(31)12-17)8-22(19)42(40,41)18-9-15-4-5-16(10-18)28(15,39)13-33-26(37)27(38)7-1-2-23(27)35/h3,6,8,11-12,15-16,18,23,35,38-39H,1-2,4-5,7,9-10,13H2,(H,33,37)(H,34,36)/t15-,16?,18?,23+,27-,28?/m0/s1. The van der Waals surface area contributed by atoms with E-state index in [-0.39, 0.29) is 53.4 Å². The molecule has 0 aromatic heterocycles. The maximum Gasteiger partial charge on any atom is 0.255 e. The van der Waals surface area contributed by atoms with Gasteiger partial charge in [0.05, 0.1) is 26.9 Å². The van der Waals surface area contributed by atoms with Crippen LogP contribution in [0.4, 0.5) is 18.9 Å². The Bertz CT molecular complexity index is 1500. The molecule has 2 bridgehead atoms. The van der Waals surface area contributed by atoms with Crippen LogP contribution in [0, 0.1) is 29.3 Å². The van der Waals surface area contributed by atoms with Gasteiger partial charge in [0.2, 0.25) is 0 Å². The zero-order valence-electron chi connectivity index (χ0n) is 22.2. The molecule has 5 N–H and O–H groups in total. The van der Waals surface area contributed by atoms with Gasteiger partial charge in [0.15, 0.2) is 32.9 Å². The number of carbonyl (C=O) groups is 2. The van der Waals surface area contributed by atoms with Crippen molar-refractivity contribution in [1.29, 1.82) is 0 Å². The molecule has 14 heteroatoms. The van der Waals surface area contributed by atoms with Gasteiger partial charge in [-0.3, -0.25) is 9.59 Å². The predicted octanol–water partition coefficient (Wildman–Crippen LogP) is 3.10. The Morgan fingerprint density at radius 1 is 1.00 bits per heavy atom. The highest BCUT2D eigenvalue weighted by Gasteiger charge is 2.56. The number of nitrogens with one attached hydrogen (secondary N) is 2. The number of rotatable bonds is 7. The summed E-state index contributed by atoms with van der Waals surface area (Å²) in [5.41, 5.74) is -3.88. The molecule has 3 aliphatic carbocycles. The molecule has 42 heavy (non-hydrogen) atoms. The first-order valence-electron chi connectivity index (χ1n) is 13.6. The number of sulfone groups is 1. The minimum Gasteiger partial charge on any atom is -0.390 e. The SMILES string of the molecule is O=C(Nc1cc(F)c(F)c(F)c1)c1ccc(Cl)c(S(=O)(=O)C2CC3CC[C@@H](C2)C3(O)CNC(=O)[C@]2(O)CCC[C@H]2O)c1. The zero-order chi connectivity index (χ0) is 30.6. The Balaban J connectivity index is 1.31. The smallest absolute Gasteiger partial charge is 0.255 e. The van der Waals surface area contributed by atoms with E-state index in [0.29, 0.717) is 31.4 Å². The second-order valence-corrected chi connectivity index (χ2v) is 14.1. The van der Waals surface area contributed by atoms with E-state index < -0.39 is 73.5 Å². The quantitative estimate of drug-likeness (QED) is 0.295. The topological polar surface area (TPSA) is 153 Å². The summed E-state index contributed by atoms with van der Waals surface area (Å²) in [7, 11) is -4.13. The van der Waals surface area contributed by atoms with Crippen molar-refractivity contribution in [1.82, 2.24) is 5.32 Å². The number of amides is 2. The van der Waals surface area contributed by atoms with Crippen molar-refractivity contribution in [3.8, 4) is 0 Å². The number of hydrogen-bond acceptors (Lipinski definition) is 7. The van der Waals surface area contributed by atoms with Crippen LogP contribution in [0.15, 0.2) is 35.2 Å². The number of aliphatic hydroxyl groups excluding tert-OH is 1. The van der Waals surface area contributed by atoms with E-state index in [1.165, 1.54) is 12.1 Å². The first-order chi connectivity index (χ1) is 19.7. The summed E-state index contributed by atoms with van der Waals surface area (Å²) in [5, 5.41) is 35.8. The monoisotopic (exact) mass is 630 g/mol. The largest absolute Gasteiger partial charge is 0.390 e. The van der Waals surface area contributed by atoms with Crippen molar-refractivity contribution in [2.24, 2.45) is 11.8 Å². The first-order valence-corrected chi connectivity index (χ1v) is 15.5. The third-order valence-electron chi connectivity index (χ3n) is 9.06. The molecule has 0 spiro atoms. The Morgan fingerprint density at radius 2 is 1.62 bits per heavy atom. The highest BCUT2D eigenvalue weighted by molar-refractivity contribution is 7.92. The fraction of sp³-hybridized carbons (Fsp3) is 0.500. The van der Waals surface area contributed by atoms with Crippen LogP contribution in [0.2, 0.25) is 5.02 Å². The number of halogens is 4. The van der Waals surface area contributed by atoms with Gasteiger partial charge in [-0.15, -0.1) is 0 Å². The molecule has 0 saturated heterocycles. The Kier molecular flexibility index (Phi) is 8.12. The lowest BCUT2D eigenvalue weighted by Gasteiger charge is -2.43. The van der Waals surface area contributed by atoms with E-state index in [4.69, 9.17) is 11.6 Å². The maximum atomic E-state index is 13.7. The fourth-order valence-electron chi connectivity index (χ4n) is 6.64. The zero-order valence-corrected chi connectivity index (χ0v) is 23.8. The average molecular weight is 631 g/mol. The molecule has 0 radical (unpaired) electrons. The second-order valence-electron chi connectivity index (χ2n) is 11.5. The molecule has 5 rings (SSSR count). The Labute approximate surface area is 245 Å². The van der Waals surface area contributed by atoms with E-state index >= 15 is 0 Å². The summed E-state index contributed by atoms with van der Waals surface area (Å²) in [6, 6.07) is 4.66. The average Bonchev–Trinajstić information content (AvgIpc) is 3.31. The molecule has 9 nitrogen and oxygen atoms in total. The molecule has 228 valence electrons. The highest BCUT2D eigenvalue weighted by atomic mass is 35.5. The van der Waals surface area contributed by atoms with Crippen LogP contribution in [0.3, 0.4) is 0 Å². The summed E-state index contributed by atoms with van der Waals surface area (Å²) in [5.74, 6) is -7.39. The third-order valence-corrected chi connectivity index (χ3v) is 11.7. The summed E-state index contributed by atoms with van der Waals surface area (Å²) >= 11 is 6.25. The van der Waals surface area contributed by atoms with Crippen molar-refractivity contribution in [3.63, 3.8) is 0 Å². The minimum atomic E-state index is -4.13. The number of hydrogen-bond donors (Lipinski definition) is 5. The number of fused-ring (bicyclic) bond motifs is 2. The number of aliphatic hydroxyl groups is 3. The molecule has 3 unspecified atom stereocenters. The van der Waals surface area contributed by atoms with Gasteiger partial charge in [-0.2, -0.15) is 0 Å². The van der Waals surface area contributed by atoms with E-state index in [9.17, 15) is 46.5 Å². The number of benzene rings is 2. The summed E-state index contributed by atoms with van der Waals surface area (Å²) < 4.78 is 67.9. The molecule has 3 fully saturated rings. The molecule has 0 aliphatic heterocycles. The lowest BCUT2D eigenvalue weighted by atomic mass is 9.74. The van der Waals surface area contributed by atoms with Gasteiger partial charge in [-0.1, -0.05) is 11.6 Å². The number of anilines is 1. The summed E-state index contributed by atoms with van der Waals surface area (Å²) in [6.07, 6.45) is 0.792. The first kappa shape index (κ1) is 30.7. The Hall–Kier alpha value is -2.71. The van der Waals surface area contributed by atoms with E-state index in [2.05, 4.69) is 10.6 Å². The van der Waals surface area contributed by atoms with Crippen molar-refractivity contribution >= 4 is 38.9 Å². The molecular formula is C28H30ClF3N2O7S. The van der Waals surface area contributed by atoms with Crippen LogP contribution in [0.5, 0.6) is 0 Å². The van der Waals surface area contributed by atoms with Crippen LogP contribution in [-0.2, 0) is 14.6 Å². The van der Waals surface area contributed by atoms with Gasteiger partial charge < -0.3 is 26.0 Å². The van der Waals surface area contributed by atoms with E-state index in [0.717, 1.165) is 6.07 Å². The van der Waals surface area contributed by atoms with Crippen molar-refractivity contribution in [2.75, 3.05) is 11.9 Å². The third kappa shape index (κ3) is 5.30. The molecule has 2 aromatic carbocycles. The van der Waals surface area contributed by atoms with Gasteiger partial charge in [0, 0.05) is 29.9 Å². The van der Waals surface area contributed by atoms with Crippen molar-refractivity contribution < 1.29 is 46.5 Å². The van der Waals surface area contributed by atoms with Gasteiger partial charge in [0.1, 0.15) is 0 Å². The van der Waals surface area contributed by atoms with E-state index in [1.807, 2.05) is 0 Å². The molecule has 3 saturated carbocycles. The van der Waals surface area contributed by atoms with Crippen LogP contribution in [0.1, 0.15) is 55.3 Å². The van der Waals surface area contributed by atoms with Gasteiger partial charge in [-0.25, -0.2) is 21.6 Å². The molecular weight excluding hydrogens is 601 g/mol. The van der Waals surface area contributed by atoms with Crippen LogP contribution in [0.25, 0.3) is 0 Å². The lowest BCUT2D eigenvalue weighted by Crippen LogP contribution is -2.59. The number of carbonyl (C=O) groups excluding carboxylic acids is 2. The lowest BCUT2D eigenvalue weighted by molar-refractivity contribution is -0.151. The summed E-state index contributed by atoms with van der Waals surface area (Å²) in [4.78, 5) is 25.1. The Morgan fingerprint density at radius 3 is 2.19 bits per heavy atom. The van der Waals surface area contributed by atoms with Crippen molar-refractivity contribution in [2.45, 2.75) is 72.4 Å². The molecule has 0 heterocycles. The minimum absolute atomic E-state index is 0.0545. The van der Waals surface area contributed by atoms with Crippen LogP contribution in [-0.4, -0.2) is 64.7 Å². The van der Waals surface area contributed by atoms with Crippen molar-refractivity contribution in [3.05, 3.63) is 58.4 Å². The molecule has 3 aliphatic rings. The van der Waals surface area contributed by atoms with E-state index in [1.54, 1.807) is 0 Å². The molecule has 2 amide bonds. The normalized spacial score (nSPS) is 30.7. The van der Waals surface area contributed by atoms with Gasteiger partial charge >= 0.3 is 0 Å². The summed E-state index contributed by atoms with van der Waals surface area (Å²) in [6.45, 7) is -0.204.